The summed E-state index contributed by atoms with van der Waals surface area (Å²) in [4.78, 5) is 23.8. The fourth-order valence-electron chi connectivity index (χ4n) is 2.28. The predicted molar refractivity (Wildman–Crippen MR) is 88.7 cm³/mol. The van der Waals surface area contributed by atoms with Gasteiger partial charge in [-0.05, 0) is 31.0 Å². The van der Waals surface area contributed by atoms with Gasteiger partial charge in [0.15, 0.2) is 5.78 Å². The summed E-state index contributed by atoms with van der Waals surface area (Å²) in [5, 5.41) is 2.81. The molecule has 0 heterocycles. The SMILES string of the molecule is CNC(=O)c1ccc(C(=O)CCc2cccc(C)c2)cc1Cl. The van der Waals surface area contributed by atoms with Crippen LogP contribution < -0.4 is 5.32 Å². The number of nitrogens with one attached hydrogen (secondary N) is 1. The number of rotatable bonds is 5. The van der Waals surface area contributed by atoms with E-state index in [1.165, 1.54) is 5.56 Å². The van der Waals surface area contributed by atoms with E-state index < -0.39 is 0 Å². The molecule has 0 aliphatic heterocycles. The molecule has 1 amide bonds. The summed E-state index contributed by atoms with van der Waals surface area (Å²) < 4.78 is 0. The first-order valence-corrected chi connectivity index (χ1v) is 7.49. The summed E-state index contributed by atoms with van der Waals surface area (Å²) >= 11 is 6.07. The quantitative estimate of drug-likeness (QED) is 0.852. The fraction of sp³-hybridized carbons (Fsp3) is 0.222. The standard InChI is InChI=1S/C18H18ClNO2/c1-12-4-3-5-13(10-12)6-9-17(21)14-7-8-15(16(19)11-14)18(22)20-2/h3-5,7-8,10-11H,6,9H2,1-2H3,(H,20,22). The van der Waals surface area contributed by atoms with Gasteiger partial charge in [0.1, 0.15) is 0 Å². The Morgan fingerprint density at radius 3 is 2.55 bits per heavy atom. The van der Waals surface area contributed by atoms with Gasteiger partial charge in [0.05, 0.1) is 10.6 Å². The Bertz CT molecular complexity index is 710. The van der Waals surface area contributed by atoms with Crippen molar-refractivity contribution in [1.29, 1.82) is 0 Å². The minimum Gasteiger partial charge on any atom is -0.355 e. The van der Waals surface area contributed by atoms with E-state index in [0.29, 0.717) is 29.0 Å². The van der Waals surface area contributed by atoms with Crippen molar-refractivity contribution in [2.75, 3.05) is 7.05 Å². The van der Waals surface area contributed by atoms with Gasteiger partial charge in [0, 0.05) is 19.0 Å². The molecule has 0 fully saturated rings. The highest BCUT2D eigenvalue weighted by atomic mass is 35.5. The maximum atomic E-state index is 12.2. The van der Waals surface area contributed by atoms with E-state index >= 15 is 0 Å². The summed E-state index contributed by atoms with van der Waals surface area (Å²) in [6.07, 6.45) is 1.11. The maximum absolute atomic E-state index is 12.2. The third-order valence-corrected chi connectivity index (χ3v) is 3.80. The highest BCUT2D eigenvalue weighted by Crippen LogP contribution is 2.19. The average molecular weight is 316 g/mol. The van der Waals surface area contributed by atoms with E-state index in [0.717, 1.165) is 5.56 Å². The lowest BCUT2D eigenvalue weighted by Gasteiger charge is -2.06. The van der Waals surface area contributed by atoms with Gasteiger partial charge >= 0.3 is 0 Å². The molecule has 0 spiro atoms. The van der Waals surface area contributed by atoms with Crippen LogP contribution in [-0.2, 0) is 6.42 Å². The van der Waals surface area contributed by atoms with E-state index in [4.69, 9.17) is 11.6 Å². The molecule has 2 aromatic carbocycles. The molecule has 2 aromatic rings. The van der Waals surface area contributed by atoms with Crippen molar-refractivity contribution >= 4 is 23.3 Å². The minimum absolute atomic E-state index is 0.0202. The van der Waals surface area contributed by atoms with Crippen LogP contribution in [0.3, 0.4) is 0 Å². The van der Waals surface area contributed by atoms with Crippen LogP contribution in [0, 0.1) is 6.92 Å². The lowest BCUT2D eigenvalue weighted by molar-refractivity contribution is 0.0958. The third-order valence-electron chi connectivity index (χ3n) is 3.49. The first-order valence-electron chi connectivity index (χ1n) is 7.11. The summed E-state index contributed by atoms with van der Waals surface area (Å²) in [7, 11) is 1.54. The van der Waals surface area contributed by atoms with Crippen LogP contribution in [0.2, 0.25) is 5.02 Å². The molecule has 22 heavy (non-hydrogen) atoms. The predicted octanol–water partition coefficient (Wildman–Crippen LogP) is 3.82. The Hall–Kier alpha value is -2.13. The molecular weight excluding hydrogens is 298 g/mol. The van der Waals surface area contributed by atoms with Gasteiger partial charge in [-0.2, -0.15) is 0 Å². The third kappa shape index (κ3) is 3.95. The van der Waals surface area contributed by atoms with Gasteiger partial charge in [-0.15, -0.1) is 0 Å². The number of halogens is 1. The Morgan fingerprint density at radius 2 is 1.91 bits per heavy atom. The normalized spacial score (nSPS) is 10.3. The number of carbonyl (C=O) groups is 2. The van der Waals surface area contributed by atoms with Crippen molar-refractivity contribution in [3.05, 3.63) is 69.7 Å². The summed E-state index contributed by atoms with van der Waals surface area (Å²) in [6, 6.07) is 12.9. The lowest BCUT2D eigenvalue weighted by Crippen LogP contribution is -2.18. The van der Waals surface area contributed by atoms with Gasteiger partial charge in [-0.25, -0.2) is 0 Å². The van der Waals surface area contributed by atoms with Gasteiger partial charge in [-0.1, -0.05) is 47.5 Å². The molecule has 0 saturated heterocycles. The van der Waals surface area contributed by atoms with Gasteiger partial charge < -0.3 is 5.32 Å². The van der Waals surface area contributed by atoms with Crippen LogP contribution in [0.25, 0.3) is 0 Å². The van der Waals surface area contributed by atoms with Crippen molar-refractivity contribution in [2.24, 2.45) is 0 Å². The summed E-state index contributed by atoms with van der Waals surface area (Å²) in [5.74, 6) is -0.240. The highest BCUT2D eigenvalue weighted by Gasteiger charge is 2.12. The van der Waals surface area contributed by atoms with Crippen molar-refractivity contribution in [2.45, 2.75) is 19.8 Å². The van der Waals surface area contributed by atoms with Crippen LogP contribution in [0.1, 0.15) is 38.3 Å². The van der Waals surface area contributed by atoms with Crippen molar-refractivity contribution in [3.8, 4) is 0 Å². The molecule has 0 aliphatic rings. The van der Waals surface area contributed by atoms with Crippen molar-refractivity contribution in [1.82, 2.24) is 5.32 Å². The second-order valence-corrected chi connectivity index (χ2v) is 5.59. The first-order chi connectivity index (χ1) is 10.5. The molecule has 3 nitrogen and oxygen atoms in total. The molecule has 0 atom stereocenters. The van der Waals surface area contributed by atoms with Crippen LogP contribution in [-0.4, -0.2) is 18.7 Å². The van der Waals surface area contributed by atoms with E-state index in [-0.39, 0.29) is 11.7 Å². The molecule has 114 valence electrons. The van der Waals surface area contributed by atoms with Gasteiger partial charge in [0.2, 0.25) is 0 Å². The average Bonchev–Trinajstić information content (AvgIpc) is 2.51. The molecular formula is C18H18ClNO2. The number of carbonyl (C=O) groups excluding carboxylic acids is 2. The van der Waals surface area contributed by atoms with Crippen LogP contribution in [0.5, 0.6) is 0 Å². The minimum atomic E-state index is -0.260. The van der Waals surface area contributed by atoms with E-state index in [2.05, 4.69) is 11.4 Å². The van der Waals surface area contributed by atoms with Crippen molar-refractivity contribution in [3.63, 3.8) is 0 Å². The number of hydrogen-bond donors (Lipinski definition) is 1. The van der Waals surface area contributed by atoms with Gasteiger partial charge in [-0.3, -0.25) is 9.59 Å². The fourth-order valence-corrected chi connectivity index (χ4v) is 2.54. The number of amides is 1. The molecule has 0 saturated carbocycles. The number of benzene rings is 2. The number of Topliss-reactive ketones (excluding diaryl/α,β-unsaturated/α-hetero) is 1. The number of aryl methyl sites for hydroxylation is 2. The summed E-state index contributed by atoms with van der Waals surface area (Å²) in [6.45, 7) is 2.03. The zero-order valence-corrected chi connectivity index (χ0v) is 13.4. The maximum Gasteiger partial charge on any atom is 0.252 e. The zero-order chi connectivity index (χ0) is 16.1. The number of ketones is 1. The molecule has 0 bridgehead atoms. The molecule has 0 aliphatic carbocycles. The number of hydrogen-bond acceptors (Lipinski definition) is 2. The zero-order valence-electron chi connectivity index (χ0n) is 12.7. The Kier molecular flexibility index (Phi) is 5.34. The topological polar surface area (TPSA) is 46.2 Å². The van der Waals surface area contributed by atoms with Crippen molar-refractivity contribution < 1.29 is 9.59 Å². The molecule has 0 radical (unpaired) electrons. The van der Waals surface area contributed by atoms with Crippen LogP contribution in [0.4, 0.5) is 0 Å². The molecule has 1 N–H and O–H groups in total. The monoisotopic (exact) mass is 315 g/mol. The lowest BCUT2D eigenvalue weighted by atomic mass is 10.0. The van der Waals surface area contributed by atoms with E-state index in [1.54, 1.807) is 25.2 Å². The summed E-state index contributed by atoms with van der Waals surface area (Å²) in [5.41, 5.74) is 3.23. The second-order valence-electron chi connectivity index (χ2n) is 5.19. The van der Waals surface area contributed by atoms with Crippen LogP contribution >= 0.6 is 11.6 Å². The first kappa shape index (κ1) is 16.2. The van der Waals surface area contributed by atoms with Gasteiger partial charge in [0.25, 0.3) is 5.91 Å². The molecule has 2 rings (SSSR count). The van der Waals surface area contributed by atoms with Crippen LogP contribution in [0.15, 0.2) is 42.5 Å². The smallest absolute Gasteiger partial charge is 0.252 e. The molecule has 0 aromatic heterocycles. The Morgan fingerprint density at radius 1 is 1.14 bits per heavy atom. The highest BCUT2D eigenvalue weighted by molar-refractivity contribution is 6.34. The molecule has 0 unspecified atom stereocenters. The Balaban J connectivity index is 2.07. The Labute approximate surface area is 135 Å². The van der Waals surface area contributed by atoms with E-state index in [1.807, 2.05) is 25.1 Å². The second kappa shape index (κ2) is 7.23. The largest absolute Gasteiger partial charge is 0.355 e. The van der Waals surface area contributed by atoms with E-state index in [9.17, 15) is 9.59 Å². The molecule has 4 heteroatoms.